The number of carbonyl (C=O) groups is 3. The zero-order valence-corrected chi connectivity index (χ0v) is 10.3. The van der Waals surface area contributed by atoms with Crippen LogP contribution in [0.2, 0.25) is 0 Å². The smallest absolute Gasteiger partial charge is 0.272 e. The van der Waals surface area contributed by atoms with Gasteiger partial charge in [-0.15, -0.1) is 0 Å². The molecule has 0 spiro atoms. The summed E-state index contributed by atoms with van der Waals surface area (Å²) in [6.07, 6.45) is 3.23. The molecule has 0 aromatic carbocycles. The number of hydrogen-bond acceptors (Lipinski definition) is 6. The Morgan fingerprint density at radius 2 is 2.16 bits per heavy atom. The number of hydrogen-bond donors (Lipinski definition) is 3. The van der Waals surface area contributed by atoms with E-state index in [1.807, 2.05) is 0 Å². The number of nitrogens with one attached hydrogen (secondary N) is 3. The van der Waals surface area contributed by atoms with Gasteiger partial charge >= 0.3 is 0 Å². The molecule has 1 aromatic heterocycles. The zero-order valence-electron chi connectivity index (χ0n) is 10.3. The Morgan fingerprint density at radius 3 is 2.74 bits per heavy atom. The molecule has 3 amide bonds. The third kappa shape index (κ3) is 3.03. The Bertz CT molecular complexity index is 514. The van der Waals surface area contributed by atoms with Crippen molar-refractivity contribution in [3.8, 4) is 0 Å². The zero-order chi connectivity index (χ0) is 13.8. The van der Waals surface area contributed by atoms with Gasteiger partial charge < -0.3 is 10.6 Å². The van der Waals surface area contributed by atoms with Gasteiger partial charge in [-0.05, 0) is 6.42 Å². The summed E-state index contributed by atoms with van der Waals surface area (Å²) in [4.78, 5) is 42.2. The Balaban J connectivity index is 2.00. The van der Waals surface area contributed by atoms with Gasteiger partial charge in [0, 0.05) is 13.5 Å². The molecule has 1 saturated heterocycles. The lowest BCUT2D eigenvalue weighted by molar-refractivity contribution is -0.134. The van der Waals surface area contributed by atoms with Crippen molar-refractivity contribution in [2.75, 3.05) is 12.4 Å². The van der Waals surface area contributed by atoms with Crippen molar-refractivity contribution >= 4 is 23.5 Å². The first-order chi connectivity index (χ1) is 9.10. The molecule has 0 bridgehead atoms. The van der Waals surface area contributed by atoms with Crippen molar-refractivity contribution < 1.29 is 14.4 Å². The van der Waals surface area contributed by atoms with Gasteiger partial charge in [0.25, 0.3) is 5.91 Å². The molecule has 0 aliphatic carbocycles. The molecule has 3 N–H and O–H groups in total. The highest BCUT2D eigenvalue weighted by molar-refractivity contribution is 6.03. The molecule has 1 atom stereocenters. The van der Waals surface area contributed by atoms with E-state index in [0.717, 1.165) is 0 Å². The average Bonchev–Trinajstić information content (AvgIpc) is 2.42. The molecule has 8 nitrogen and oxygen atoms in total. The summed E-state index contributed by atoms with van der Waals surface area (Å²) in [6.45, 7) is 0. The summed E-state index contributed by atoms with van der Waals surface area (Å²) in [5.74, 6) is -0.778. The van der Waals surface area contributed by atoms with Gasteiger partial charge in [0.1, 0.15) is 17.6 Å². The van der Waals surface area contributed by atoms with E-state index >= 15 is 0 Å². The van der Waals surface area contributed by atoms with Crippen LogP contribution in [0.15, 0.2) is 12.4 Å². The van der Waals surface area contributed by atoms with Crippen LogP contribution in [0.25, 0.3) is 0 Å². The normalized spacial score (nSPS) is 18.7. The van der Waals surface area contributed by atoms with E-state index in [4.69, 9.17) is 0 Å². The van der Waals surface area contributed by atoms with E-state index in [1.165, 1.54) is 12.4 Å². The molecule has 19 heavy (non-hydrogen) atoms. The summed E-state index contributed by atoms with van der Waals surface area (Å²) in [5, 5.41) is 7.46. The largest absolute Gasteiger partial charge is 0.372 e. The highest BCUT2D eigenvalue weighted by atomic mass is 16.2. The number of carbonyl (C=O) groups excluding carboxylic acids is 3. The maximum absolute atomic E-state index is 11.8. The van der Waals surface area contributed by atoms with E-state index in [0.29, 0.717) is 12.2 Å². The lowest BCUT2D eigenvalue weighted by Gasteiger charge is -2.21. The minimum atomic E-state index is -0.712. The second-order valence-corrected chi connectivity index (χ2v) is 4.01. The van der Waals surface area contributed by atoms with Crippen LogP contribution >= 0.6 is 0 Å². The third-order valence-electron chi connectivity index (χ3n) is 2.69. The number of piperidine rings is 1. The summed E-state index contributed by atoms with van der Waals surface area (Å²) in [6, 6.07) is -0.712. The summed E-state index contributed by atoms with van der Waals surface area (Å²) < 4.78 is 0. The highest BCUT2D eigenvalue weighted by Crippen LogP contribution is 2.06. The van der Waals surface area contributed by atoms with Crippen LogP contribution in [0.4, 0.5) is 5.82 Å². The first-order valence-corrected chi connectivity index (χ1v) is 5.74. The monoisotopic (exact) mass is 263 g/mol. The second-order valence-electron chi connectivity index (χ2n) is 4.01. The molecule has 1 unspecified atom stereocenters. The van der Waals surface area contributed by atoms with Crippen molar-refractivity contribution in [1.82, 2.24) is 20.6 Å². The Kier molecular flexibility index (Phi) is 3.69. The van der Waals surface area contributed by atoms with Crippen molar-refractivity contribution in [3.05, 3.63) is 18.1 Å². The van der Waals surface area contributed by atoms with Gasteiger partial charge in [-0.1, -0.05) is 0 Å². The van der Waals surface area contributed by atoms with Crippen molar-refractivity contribution in [2.45, 2.75) is 18.9 Å². The number of imide groups is 1. The maximum Gasteiger partial charge on any atom is 0.272 e. The van der Waals surface area contributed by atoms with E-state index in [-0.39, 0.29) is 18.0 Å². The third-order valence-corrected chi connectivity index (χ3v) is 2.69. The van der Waals surface area contributed by atoms with Gasteiger partial charge in [0.15, 0.2) is 0 Å². The Morgan fingerprint density at radius 1 is 1.37 bits per heavy atom. The van der Waals surface area contributed by atoms with Gasteiger partial charge in [-0.25, -0.2) is 9.97 Å². The highest BCUT2D eigenvalue weighted by Gasteiger charge is 2.28. The molecular weight excluding hydrogens is 250 g/mol. The molecule has 1 aliphatic rings. The lowest BCUT2D eigenvalue weighted by atomic mass is 10.1. The van der Waals surface area contributed by atoms with E-state index in [2.05, 4.69) is 25.9 Å². The first-order valence-electron chi connectivity index (χ1n) is 5.74. The standard InChI is InChI=1S/C11H13N5O3/c1-12-8-5-13-7(4-14-8)11(19)15-6-2-3-9(17)16-10(6)18/h4-6H,2-3H2,1H3,(H,12,14)(H,15,19)(H,16,17,18). The fourth-order valence-corrected chi connectivity index (χ4v) is 1.64. The molecule has 1 fully saturated rings. The lowest BCUT2D eigenvalue weighted by Crippen LogP contribution is -2.52. The number of amides is 3. The van der Waals surface area contributed by atoms with Gasteiger partial charge in [0.2, 0.25) is 11.8 Å². The SMILES string of the molecule is CNc1cnc(C(=O)NC2CCC(=O)NC2=O)cn1. The molecular formula is C11H13N5O3. The molecule has 1 aromatic rings. The second kappa shape index (κ2) is 5.42. The molecule has 0 radical (unpaired) electrons. The quantitative estimate of drug-likeness (QED) is 0.606. The van der Waals surface area contributed by atoms with Gasteiger partial charge in [-0.2, -0.15) is 0 Å². The van der Waals surface area contributed by atoms with E-state index in [9.17, 15) is 14.4 Å². The molecule has 2 rings (SSSR count). The van der Waals surface area contributed by atoms with Crippen LogP contribution in [0.3, 0.4) is 0 Å². The molecule has 0 saturated carbocycles. The van der Waals surface area contributed by atoms with Crippen molar-refractivity contribution in [3.63, 3.8) is 0 Å². The topological polar surface area (TPSA) is 113 Å². The minimum Gasteiger partial charge on any atom is -0.372 e. The van der Waals surface area contributed by atoms with Gasteiger partial charge in [0.05, 0.1) is 12.4 Å². The Hall–Kier alpha value is -2.51. The number of rotatable bonds is 3. The average molecular weight is 263 g/mol. The minimum absolute atomic E-state index is 0.115. The van der Waals surface area contributed by atoms with Crippen LogP contribution in [0, 0.1) is 0 Å². The molecule has 8 heteroatoms. The predicted molar refractivity (Wildman–Crippen MR) is 65.2 cm³/mol. The fourth-order valence-electron chi connectivity index (χ4n) is 1.64. The van der Waals surface area contributed by atoms with Crippen LogP contribution in [0.5, 0.6) is 0 Å². The van der Waals surface area contributed by atoms with Crippen LogP contribution in [-0.2, 0) is 9.59 Å². The van der Waals surface area contributed by atoms with Crippen molar-refractivity contribution in [2.24, 2.45) is 0 Å². The number of nitrogens with zero attached hydrogens (tertiary/aromatic N) is 2. The summed E-state index contributed by atoms with van der Waals surface area (Å²) in [5.41, 5.74) is 0.115. The van der Waals surface area contributed by atoms with Crippen LogP contribution in [-0.4, -0.2) is 40.8 Å². The van der Waals surface area contributed by atoms with Crippen LogP contribution < -0.4 is 16.0 Å². The summed E-state index contributed by atoms with van der Waals surface area (Å²) in [7, 11) is 1.69. The summed E-state index contributed by atoms with van der Waals surface area (Å²) >= 11 is 0. The molecule has 1 aliphatic heterocycles. The van der Waals surface area contributed by atoms with Crippen LogP contribution in [0.1, 0.15) is 23.3 Å². The number of anilines is 1. The van der Waals surface area contributed by atoms with Crippen molar-refractivity contribution in [1.29, 1.82) is 0 Å². The molecule has 2 heterocycles. The van der Waals surface area contributed by atoms with E-state index < -0.39 is 17.9 Å². The maximum atomic E-state index is 11.8. The van der Waals surface area contributed by atoms with Gasteiger partial charge in [-0.3, -0.25) is 19.7 Å². The number of aromatic nitrogens is 2. The Labute approximate surface area is 109 Å². The van der Waals surface area contributed by atoms with E-state index in [1.54, 1.807) is 7.05 Å². The fraction of sp³-hybridized carbons (Fsp3) is 0.364. The molecule has 100 valence electrons. The first kappa shape index (κ1) is 12.9. The predicted octanol–water partition coefficient (Wildman–Crippen LogP) is -0.947.